The van der Waals surface area contributed by atoms with Gasteiger partial charge in [0.15, 0.2) is 0 Å². The Bertz CT molecular complexity index is 310. The summed E-state index contributed by atoms with van der Waals surface area (Å²) in [6, 6.07) is 2.50. The minimum atomic E-state index is 0.546. The number of rotatable bonds is 6. The van der Waals surface area contributed by atoms with Gasteiger partial charge in [0, 0.05) is 25.8 Å². The summed E-state index contributed by atoms with van der Waals surface area (Å²) in [7, 11) is 2.09. The molecule has 0 aliphatic heterocycles. The summed E-state index contributed by atoms with van der Waals surface area (Å²) in [4.78, 5) is 10.9. The van der Waals surface area contributed by atoms with Crippen molar-refractivity contribution in [2.24, 2.45) is 0 Å². The van der Waals surface area contributed by atoms with E-state index in [2.05, 4.69) is 41.1 Å². The van der Waals surface area contributed by atoms with Crippen LogP contribution in [0.1, 0.15) is 33.6 Å². The van der Waals surface area contributed by atoms with Crippen LogP contribution in [0.3, 0.4) is 0 Å². The van der Waals surface area contributed by atoms with E-state index in [0.29, 0.717) is 12.0 Å². The van der Waals surface area contributed by atoms with Gasteiger partial charge in [0.05, 0.1) is 0 Å². The zero-order valence-corrected chi connectivity index (χ0v) is 10.7. The number of nitrogens with zero attached hydrogens (tertiary/aromatic N) is 3. The van der Waals surface area contributed by atoms with Crippen molar-refractivity contribution < 1.29 is 0 Å². The zero-order valence-electron chi connectivity index (χ0n) is 10.7. The summed E-state index contributed by atoms with van der Waals surface area (Å²) >= 11 is 0. The molecular formula is C12H22N4. The van der Waals surface area contributed by atoms with Crippen molar-refractivity contribution in [3.8, 4) is 0 Å². The molecule has 0 amide bonds. The highest BCUT2D eigenvalue weighted by Crippen LogP contribution is 2.16. The molecule has 4 heteroatoms. The van der Waals surface area contributed by atoms with E-state index in [4.69, 9.17) is 0 Å². The summed E-state index contributed by atoms with van der Waals surface area (Å²) < 4.78 is 0. The molecule has 0 unspecified atom stereocenters. The van der Waals surface area contributed by atoms with Crippen molar-refractivity contribution in [1.29, 1.82) is 0 Å². The van der Waals surface area contributed by atoms with E-state index in [0.717, 1.165) is 25.2 Å². The highest BCUT2D eigenvalue weighted by atomic mass is 15.2. The Morgan fingerprint density at radius 3 is 2.56 bits per heavy atom. The Labute approximate surface area is 98.1 Å². The molecule has 0 fully saturated rings. The van der Waals surface area contributed by atoms with E-state index >= 15 is 0 Å². The van der Waals surface area contributed by atoms with Gasteiger partial charge in [-0.2, -0.15) is 4.98 Å². The maximum atomic E-state index is 4.48. The fraction of sp³-hybridized carbons (Fsp3) is 0.667. The Balaban J connectivity index is 2.81. The van der Waals surface area contributed by atoms with Crippen molar-refractivity contribution in [3.05, 3.63) is 12.3 Å². The van der Waals surface area contributed by atoms with Gasteiger partial charge in [-0.1, -0.05) is 13.8 Å². The molecule has 0 radical (unpaired) electrons. The van der Waals surface area contributed by atoms with Crippen LogP contribution in [0, 0.1) is 0 Å². The molecule has 1 aromatic rings. The highest BCUT2D eigenvalue weighted by Gasteiger charge is 2.12. The van der Waals surface area contributed by atoms with Gasteiger partial charge >= 0.3 is 0 Å². The lowest BCUT2D eigenvalue weighted by atomic mass is 10.1. The largest absolute Gasteiger partial charge is 0.357 e. The van der Waals surface area contributed by atoms with Crippen LogP contribution in [0.15, 0.2) is 12.3 Å². The monoisotopic (exact) mass is 222 g/mol. The van der Waals surface area contributed by atoms with Gasteiger partial charge < -0.3 is 10.2 Å². The van der Waals surface area contributed by atoms with E-state index in [1.54, 1.807) is 6.20 Å². The van der Waals surface area contributed by atoms with Crippen LogP contribution in [-0.2, 0) is 0 Å². The van der Waals surface area contributed by atoms with Crippen LogP contribution < -0.4 is 10.2 Å². The zero-order chi connectivity index (χ0) is 12.0. The molecule has 0 saturated heterocycles. The second-order valence-corrected chi connectivity index (χ2v) is 3.85. The van der Waals surface area contributed by atoms with E-state index in [9.17, 15) is 0 Å². The Kier molecular flexibility index (Phi) is 5.02. The van der Waals surface area contributed by atoms with Crippen LogP contribution >= 0.6 is 0 Å². The molecule has 0 atom stereocenters. The number of hydrogen-bond donors (Lipinski definition) is 1. The fourth-order valence-electron chi connectivity index (χ4n) is 1.81. The maximum absolute atomic E-state index is 4.48. The molecule has 0 saturated carbocycles. The summed E-state index contributed by atoms with van der Waals surface area (Å²) in [5.41, 5.74) is 0. The van der Waals surface area contributed by atoms with E-state index in [1.165, 1.54) is 0 Å². The Morgan fingerprint density at radius 2 is 2.00 bits per heavy atom. The highest BCUT2D eigenvalue weighted by molar-refractivity contribution is 5.42. The second kappa shape index (κ2) is 6.30. The molecule has 1 aromatic heterocycles. The summed E-state index contributed by atoms with van der Waals surface area (Å²) in [5.74, 6) is 1.69. The fourth-order valence-corrected chi connectivity index (χ4v) is 1.81. The first-order valence-corrected chi connectivity index (χ1v) is 6.02. The smallest absolute Gasteiger partial charge is 0.224 e. The minimum absolute atomic E-state index is 0.546. The van der Waals surface area contributed by atoms with Crippen LogP contribution in [0.2, 0.25) is 0 Å². The topological polar surface area (TPSA) is 41.1 Å². The van der Waals surface area contributed by atoms with Crippen LogP contribution in [-0.4, -0.2) is 29.6 Å². The molecule has 90 valence electrons. The molecule has 4 nitrogen and oxygen atoms in total. The summed E-state index contributed by atoms with van der Waals surface area (Å²) in [6.45, 7) is 7.30. The normalized spacial score (nSPS) is 10.6. The molecule has 1 rings (SSSR count). The van der Waals surface area contributed by atoms with Gasteiger partial charge in [0.1, 0.15) is 5.82 Å². The van der Waals surface area contributed by atoms with E-state index in [1.807, 2.05) is 13.0 Å². The number of hydrogen-bond acceptors (Lipinski definition) is 4. The molecule has 0 aliphatic rings. The van der Waals surface area contributed by atoms with E-state index in [-0.39, 0.29) is 0 Å². The molecule has 0 aliphatic carbocycles. The lowest BCUT2D eigenvalue weighted by molar-refractivity contribution is 0.586. The standard InChI is InChI=1S/C12H22N4/c1-5-10(6-2)16(4)11-8-9-14-12(15-11)13-7-3/h8-10H,5-7H2,1-4H3,(H,13,14,15). The first-order valence-electron chi connectivity index (χ1n) is 6.02. The molecule has 1 heterocycles. The average molecular weight is 222 g/mol. The van der Waals surface area contributed by atoms with Crippen LogP contribution in [0.25, 0.3) is 0 Å². The third-order valence-electron chi connectivity index (χ3n) is 2.83. The quantitative estimate of drug-likeness (QED) is 0.803. The van der Waals surface area contributed by atoms with Gasteiger partial charge in [-0.3, -0.25) is 0 Å². The summed E-state index contributed by atoms with van der Waals surface area (Å²) in [5, 5.41) is 3.13. The lowest BCUT2D eigenvalue weighted by Crippen LogP contribution is -2.31. The van der Waals surface area contributed by atoms with Crippen molar-refractivity contribution in [1.82, 2.24) is 9.97 Å². The van der Waals surface area contributed by atoms with E-state index < -0.39 is 0 Å². The van der Waals surface area contributed by atoms with Crippen molar-refractivity contribution in [3.63, 3.8) is 0 Å². The lowest BCUT2D eigenvalue weighted by Gasteiger charge is -2.27. The van der Waals surface area contributed by atoms with Gasteiger partial charge in [0.25, 0.3) is 0 Å². The molecule has 0 aromatic carbocycles. The van der Waals surface area contributed by atoms with Gasteiger partial charge in [-0.05, 0) is 25.8 Å². The third-order valence-corrected chi connectivity index (χ3v) is 2.83. The Morgan fingerprint density at radius 1 is 1.31 bits per heavy atom. The predicted molar refractivity (Wildman–Crippen MR) is 69.0 cm³/mol. The van der Waals surface area contributed by atoms with Crippen molar-refractivity contribution in [2.45, 2.75) is 39.7 Å². The van der Waals surface area contributed by atoms with Crippen molar-refractivity contribution >= 4 is 11.8 Å². The minimum Gasteiger partial charge on any atom is -0.357 e. The number of nitrogens with one attached hydrogen (secondary N) is 1. The van der Waals surface area contributed by atoms with Crippen molar-refractivity contribution in [2.75, 3.05) is 23.8 Å². The third kappa shape index (κ3) is 3.08. The first kappa shape index (κ1) is 12.7. The van der Waals surface area contributed by atoms with Gasteiger partial charge in [-0.15, -0.1) is 0 Å². The maximum Gasteiger partial charge on any atom is 0.224 e. The summed E-state index contributed by atoms with van der Waals surface area (Å²) in [6.07, 6.45) is 4.07. The number of aromatic nitrogens is 2. The molecular weight excluding hydrogens is 200 g/mol. The van der Waals surface area contributed by atoms with Gasteiger partial charge in [0.2, 0.25) is 5.95 Å². The molecule has 16 heavy (non-hydrogen) atoms. The average Bonchev–Trinajstić information content (AvgIpc) is 2.31. The molecule has 0 spiro atoms. The Hall–Kier alpha value is -1.32. The first-order chi connectivity index (χ1) is 7.72. The SMILES string of the molecule is CCNc1nccc(N(C)C(CC)CC)n1. The molecule has 1 N–H and O–H groups in total. The molecule has 0 bridgehead atoms. The van der Waals surface area contributed by atoms with Crippen LogP contribution in [0.5, 0.6) is 0 Å². The van der Waals surface area contributed by atoms with Crippen LogP contribution in [0.4, 0.5) is 11.8 Å². The second-order valence-electron chi connectivity index (χ2n) is 3.85. The number of anilines is 2. The predicted octanol–water partition coefficient (Wildman–Crippen LogP) is 2.53. The van der Waals surface area contributed by atoms with Gasteiger partial charge in [-0.25, -0.2) is 4.98 Å².